The van der Waals surface area contributed by atoms with Crippen LogP contribution in [0.2, 0.25) is 0 Å². The molecule has 1 unspecified atom stereocenters. The van der Waals surface area contributed by atoms with Gasteiger partial charge in [-0.2, -0.15) is 0 Å². The number of hydrogen-bond acceptors (Lipinski definition) is 3. The molecule has 0 saturated carbocycles. The molecule has 0 aromatic heterocycles. The van der Waals surface area contributed by atoms with Gasteiger partial charge in [-0.05, 0) is 30.9 Å². The summed E-state index contributed by atoms with van der Waals surface area (Å²) in [6.07, 6.45) is 1.99. The fourth-order valence-electron chi connectivity index (χ4n) is 2.66. The Morgan fingerprint density at radius 2 is 2.10 bits per heavy atom. The highest BCUT2D eigenvalue weighted by molar-refractivity contribution is 8.00. The van der Waals surface area contributed by atoms with E-state index in [1.54, 1.807) is 0 Å². The second kappa shape index (κ2) is 6.79. The number of rotatable bonds is 5. The number of aliphatic carboxylic acids is 1. The molecule has 0 radical (unpaired) electrons. The summed E-state index contributed by atoms with van der Waals surface area (Å²) in [6, 6.07) is 8.30. The van der Waals surface area contributed by atoms with E-state index in [4.69, 9.17) is 5.11 Å². The topological polar surface area (TPSA) is 57.6 Å². The third kappa shape index (κ3) is 3.54. The summed E-state index contributed by atoms with van der Waals surface area (Å²) in [5.41, 5.74) is 2.41. The molecule has 1 N–H and O–H groups in total. The first kappa shape index (κ1) is 14.9. The van der Waals surface area contributed by atoms with Gasteiger partial charge in [-0.25, -0.2) is 0 Å². The predicted octanol–water partition coefficient (Wildman–Crippen LogP) is 2.48. The van der Waals surface area contributed by atoms with Gasteiger partial charge in [-0.3, -0.25) is 9.59 Å². The number of likely N-dealkylation sites (tertiary alicyclic amines) is 1. The number of thioether (sulfide) groups is 1. The van der Waals surface area contributed by atoms with Crippen LogP contribution in [0.25, 0.3) is 0 Å². The fourth-order valence-corrected chi connectivity index (χ4v) is 3.27. The lowest BCUT2D eigenvalue weighted by Gasteiger charge is -2.26. The Morgan fingerprint density at radius 1 is 1.35 bits per heavy atom. The van der Waals surface area contributed by atoms with E-state index in [2.05, 4.69) is 19.1 Å². The largest absolute Gasteiger partial charge is 0.481 e. The van der Waals surface area contributed by atoms with Gasteiger partial charge in [0.05, 0.1) is 17.5 Å². The Hall–Kier alpha value is -1.49. The van der Waals surface area contributed by atoms with Crippen LogP contribution in [-0.4, -0.2) is 39.9 Å². The van der Waals surface area contributed by atoms with Crippen LogP contribution in [0.5, 0.6) is 0 Å². The highest BCUT2D eigenvalue weighted by atomic mass is 32.2. The van der Waals surface area contributed by atoms with Crippen molar-refractivity contribution >= 4 is 23.6 Å². The van der Waals surface area contributed by atoms with E-state index in [9.17, 15) is 9.59 Å². The van der Waals surface area contributed by atoms with Crippen molar-refractivity contribution in [3.63, 3.8) is 0 Å². The molecule has 1 atom stereocenters. The number of carbonyl (C=O) groups excluding carboxylic acids is 1. The molecule has 1 aromatic carbocycles. The molecule has 1 aliphatic heterocycles. The summed E-state index contributed by atoms with van der Waals surface area (Å²) in [7, 11) is 0. The molecule has 5 heteroatoms. The van der Waals surface area contributed by atoms with Crippen molar-refractivity contribution in [3.05, 3.63) is 35.4 Å². The number of benzene rings is 1. The van der Waals surface area contributed by atoms with E-state index in [1.165, 1.54) is 22.9 Å². The molecular formula is C15H19NO3S. The summed E-state index contributed by atoms with van der Waals surface area (Å²) in [5.74, 6) is -0.606. The maximum absolute atomic E-state index is 12.2. The molecular weight excluding hydrogens is 274 g/mol. The van der Waals surface area contributed by atoms with Crippen LogP contribution < -0.4 is 0 Å². The maximum Gasteiger partial charge on any atom is 0.313 e. The minimum Gasteiger partial charge on any atom is -0.481 e. The standard InChI is InChI=1S/C15H19NO3S/c1-11-5-2-3-6-12(11)13-7-4-8-16(13)14(17)9-20-10-15(18)19/h2-3,5-6,13H,4,7-10H2,1H3,(H,18,19). The molecule has 4 nitrogen and oxygen atoms in total. The van der Waals surface area contributed by atoms with Gasteiger partial charge in [0.1, 0.15) is 0 Å². The number of amides is 1. The summed E-state index contributed by atoms with van der Waals surface area (Å²) in [5, 5.41) is 8.61. The molecule has 2 rings (SSSR count). The predicted molar refractivity (Wildman–Crippen MR) is 79.8 cm³/mol. The first-order chi connectivity index (χ1) is 9.59. The van der Waals surface area contributed by atoms with E-state index < -0.39 is 5.97 Å². The Labute approximate surface area is 123 Å². The molecule has 1 aromatic rings. The summed E-state index contributed by atoms with van der Waals surface area (Å²) < 4.78 is 0. The van der Waals surface area contributed by atoms with Gasteiger partial charge in [-0.1, -0.05) is 24.3 Å². The minimum atomic E-state index is -0.875. The lowest BCUT2D eigenvalue weighted by molar-refractivity contribution is -0.133. The molecule has 1 saturated heterocycles. The van der Waals surface area contributed by atoms with E-state index >= 15 is 0 Å². The van der Waals surface area contributed by atoms with E-state index in [0.717, 1.165) is 19.4 Å². The molecule has 1 heterocycles. The fraction of sp³-hybridized carbons (Fsp3) is 0.467. The average molecular weight is 293 g/mol. The number of nitrogens with zero attached hydrogens (tertiary/aromatic N) is 1. The van der Waals surface area contributed by atoms with Crippen LogP contribution >= 0.6 is 11.8 Å². The lowest BCUT2D eigenvalue weighted by atomic mass is 9.99. The zero-order chi connectivity index (χ0) is 14.5. The Balaban J connectivity index is 2.02. The van der Waals surface area contributed by atoms with Crippen molar-refractivity contribution in [2.45, 2.75) is 25.8 Å². The number of carbonyl (C=O) groups is 2. The summed E-state index contributed by atoms with van der Waals surface area (Å²) in [6.45, 7) is 2.83. The Bertz CT molecular complexity index is 504. The SMILES string of the molecule is Cc1ccccc1C1CCCN1C(=O)CSCC(=O)O. The lowest BCUT2D eigenvalue weighted by Crippen LogP contribution is -2.32. The molecule has 0 spiro atoms. The van der Waals surface area contributed by atoms with Crippen LogP contribution in [0.1, 0.15) is 30.0 Å². The third-order valence-corrected chi connectivity index (χ3v) is 4.47. The third-order valence-electron chi connectivity index (χ3n) is 3.57. The zero-order valence-electron chi connectivity index (χ0n) is 11.5. The van der Waals surface area contributed by atoms with Gasteiger partial charge in [0.15, 0.2) is 0 Å². The Kier molecular flexibility index (Phi) is 5.06. The van der Waals surface area contributed by atoms with Gasteiger partial charge in [0.2, 0.25) is 5.91 Å². The quantitative estimate of drug-likeness (QED) is 0.906. The second-order valence-electron chi connectivity index (χ2n) is 4.99. The minimum absolute atomic E-state index is 0.0192. The summed E-state index contributed by atoms with van der Waals surface area (Å²) in [4.78, 5) is 24.6. The van der Waals surface area contributed by atoms with Crippen LogP contribution in [0.4, 0.5) is 0 Å². The Morgan fingerprint density at radius 3 is 2.80 bits per heavy atom. The van der Waals surface area contributed by atoms with E-state index in [0.29, 0.717) is 0 Å². The number of hydrogen-bond donors (Lipinski definition) is 1. The maximum atomic E-state index is 12.2. The van der Waals surface area contributed by atoms with Crippen molar-refractivity contribution in [2.75, 3.05) is 18.1 Å². The summed E-state index contributed by atoms with van der Waals surface area (Å²) >= 11 is 1.17. The molecule has 108 valence electrons. The van der Waals surface area contributed by atoms with Crippen LogP contribution in [0.3, 0.4) is 0 Å². The number of carboxylic acids is 1. The smallest absolute Gasteiger partial charge is 0.313 e. The second-order valence-corrected chi connectivity index (χ2v) is 5.97. The van der Waals surface area contributed by atoms with Crippen molar-refractivity contribution in [1.82, 2.24) is 4.90 Å². The van der Waals surface area contributed by atoms with Crippen molar-refractivity contribution in [1.29, 1.82) is 0 Å². The van der Waals surface area contributed by atoms with E-state index in [-0.39, 0.29) is 23.5 Å². The normalized spacial score (nSPS) is 18.2. The van der Waals surface area contributed by atoms with Crippen LogP contribution in [-0.2, 0) is 9.59 Å². The van der Waals surface area contributed by atoms with Crippen molar-refractivity contribution < 1.29 is 14.7 Å². The number of aryl methyl sites for hydroxylation is 1. The van der Waals surface area contributed by atoms with Crippen LogP contribution in [0.15, 0.2) is 24.3 Å². The van der Waals surface area contributed by atoms with Gasteiger partial charge >= 0.3 is 5.97 Å². The molecule has 1 amide bonds. The van der Waals surface area contributed by atoms with Gasteiger partial charge in [0.25, 0.3) is 0 Å². The van der Waals surface area contributed by atoms with Crippen molar-refractivity contribution in [2.24, 2.45) is 0 Å². The highest BCUT2D eigenvalue weighted by Gasteiger charge is 2.30. The first-order valence-corrected chi connectivity index (χ1v) is 7.89. The zero-order valence-corrected chi connectivity index (χ0v) is 12.4. The van der Waals surface area contributed by atoms with Gasteiger partial charge in [0, 0.05) is 6.54 Å². The highest BCUT2D eigenvalue weighted by Crippen LogP contribution is 2.33. The van der Waals surface area contributed by atoms with Crippen LogP contribution in [0, 0.1) is 6.92 Å². The average Bonchev–Trinajstić information content (AvgIpc) is 2.87. The van der Waals surface area contributed by atoms with Gasteiger partial charge in [-0.15, -0.1) is 11.8 Å². The molecule has 0 bridgehead atoms. The number of carboxylic acid groups (broad SMARTS) is 1. The van der Waals surface area contributed by atoms with Crippen molar-refractivity contribution in [3.8, 4) is 0 Å². The van der Waals surface area contributed by atoms with Gasteiger partial charge < -0.3 is 10.0 Å². The monoisotopic (exact) mass is 293 g/mol. The molecule has 20 heavy (non-hydrogen) atoms. The molecule has 0 aliphatic carbocycles. The first-order valence-electron chi connectivity index (χ1n) is 6.74. The molecule has 1 fully saturated rings. The molecule has 1 aliphatic rings. The van der Waals surface area contributed by atoms with E-state index in [1.807, 2.05) is 17.0 Å².